The molecule has 0 aliphatic rings. The van der Waals surface area contributed by atoms with Crippen molar-refractivity contribution in [3.8, 4) is 0 Å². The van der Waals surface area contributed by atoms with Crippen molar-refractivity contribution >= 4 is 11.9 Å². The van der Waals surface area contributed by atoms with Gasteiger partial charge in [-0.3, -0.25) is 9.79 Å². The molecule has 1 amide bonds. The van der Waals surface area contributed by atoms with Gasteiger partial charge in [0.15, 0.2) is 5.96 Å². The second-order valence-electron chi connectivity index (χ2n) is 3.45. The fourth-order valence-electron chi connectivity index (χ4n) is 1.22. The van der Waals surface area contributed by atoms with E-state index < -0.39 is 0 Å². The van der Waals surface area contributed by atoms with Gasteiger partial charge in [-0.2, -0.15) is 0 Å². The number of carbonyl (C=O) groups is 1. The number of nitrogens with zero attached hydrogens (tertiary/aromatic N) is 1. The van der Waals surface area contributed by atoms with E-state index >= 15 is 0 Å². The van der Waals surface area contributed by atoms with Crippen LogP contribution in [0.15, 0.2) is 40.5 Å². The van der Waals surface area contributed by atoms with Crippen molar-refractivity contribution in [1.82, 2.24) is 16.0 Å². The summed E-state index contributed by atoms with van der Waals surface area (Å²) in [5, 5.41) is 8.58. The van der Waals surface area contributed by atoms with Crippen molar-refractivity contribution in [2.75, 3.05) is 20.1 Å². The van der Waals surface area contributed by atoms with E-state index in [4.69, 9.17) is 4.42 Å². The van der Waals surface area contributed by atoms with Gasteiger partial charge in [-0.25, -0.2) is 0 Å². The Balaban J connectivity index is 2.25. The summed E-state index contributed by atoms with van der Waals surface area (Å²) in [5.74, 6) is 1.23. The third-order valence-corrected chi connectivity index (χ3v) is 2.09. The Kier molecular flexibility index (Phi) is 6.10. The smallest absolute Gasteiger partial charge is 0.239 e. The van der Waals surface area contributed by atoms with Crippen LogP contribution < -0.4 is 16.0 Å². The number of furan rings is 1. The Morgan fingerprint density at radius 2 is 2.33 bits per heavy atom. The van der Waals surface area contributed by atoms with Gasteiger partial charge >= 0.3 is 0 Å². The topological polar surface area (TPSA) is 78.7 Å². The first-order valence-electron chi connectivity index (χ1n) is 5.60. The lowest BCUT2D eigenvalue weighted by atomic mass is 10.4. The van der Waals surface area contributed by atoms with Crippen LogP contribution in [0.25, 0.3) is 0 Å². The Bertz CT molecular complexity index is 398. The predicted molar refractivity (Wildman–Crippen MR) is 70.1 cm³/mol. The molecular weight excluding hydrogens is 232 g/mol. The zero-order valence-electron chi connectivity index (χ0n) is 10.4. The third kappa shape index (κ3) is 5.20. The Morgan fingerprint density at radius 1 is 1.50 bits per heavy atom. The molecule has 1 heterocycles. The maximum Gasteiger partial charge on any atom is 0.239 e. The van der Waals surface area contributed by atoms with Crippen molar-refractivity contribution in [3.05, 3.63) is 36.8 Å². The summed E-state index contributed by atoms with van der Waals surface area (Å²) in [7, 11) is 1.64. The molecule has 3 N–H and O–H groups in total. The molecule has 0 aromatic carbocycles. The van der Waals surface area contributed by atoms with Crippen LogP contribution in [-0.4, -0.2) is 32.0 Å². The minimum absolute atomic E-state index is 0.115. The number of hydrogen-bond acceptors (Lipinski definition) is 3. The lowest BCUT2D eigenvalue weighted by molar-refractivity contribution is -0.119. The van der Waals surface area contributed by atoms with Gasteiger partial charge in [0.2, 0.25) is 5.91 Å². The quantitative estimate of drug-likeness (QED) is 0.384. The number of carbonyl (C=O) groups excluding carboxylic acids is 1. The largest absolute Gasteiger partial charge is 0.467 e. The molecule has 1 aromatic heterocycles. The summed E-state index contributed by atoms with van der Waals surface area (Å²) in [6.45, 7) is 4.65. The fourth-order valence-corrected chi connectivity index (χ4v) is 1.22. The van der Waals surface area contributed by atoms with Gasteiger partial charge in [-0.15, -0.1) is 6.58 Å². The SMILES string of the molecule is C=CCNC(=O)CNC(=NC)NCc1ccco1. The molecule has 0 saturated carbocycles. The maximum atomic E-state index is 11.3. The highest BCUT2D eigenvalue weighted by Gasteiger charge is 2.03. The first kappa shape index (κ1) is 13.8. The molecular formula is C12H18N4O2. The maximum absolute atomic E-state index is 11.3. The zero-order chi connectivity index (χ0) is 13.2. The van der Waals surface area contributed by atoms with Crippen LogP contribution in [0.2, 0.25) is 0 Å². The molecule has 0 spiro atoms. The summed E-state index contributed by atoms with van der Waals surface area (Å²) in [6.07, 6.45) is 3.23. The van der Waals surface area contributed by atoms with Crippen LogP contribution >= 0.6 is 0 Å². The number of guanidine groups is 1. The second-order valence-corrected chi connectivity index (χ2v) is 3.45. The average molecular weight is 250 g/mol. The monoisotopic (exact) mass is 250 g/mol. The number of nitrogens with one attached hydrogen (secondary N) is 3. The molecule has 0 aliphatic carbocycles. The summed E-state index contributed by atoms with van der Waals surface area (Å²) in [4.78, 5) is 15.3. The summed E-state index contributed by atoms with van der Waals surface area (Å²) in [5.41, 5.74) is 0. The van der Waals surface area contributed by atoms with Gasteiger partial charge < -0.3 is 20.4 Å². The molecule has 0 fully saturated rings. The predicted octanol–water partition coefficient (Wildman–Crippen LogP) is 0.247. The molecule has 1 rings (SSSR count). The van der Waals surface area contributed by atoms with Gasteiger partial charge in [0.25, 0.3) is 0 Å². The van der Waals surface area contributed by atoms with E-state index in [9.17, 15) is 4.79 Å². The highest BCUT2D eigenvalue weighted by atomic mass is 16.3. The molecule has 0 saturated heterocycles. The minimum atomic E-state index is -0.115. The van der Waals surface area contributed by atoms with Gasteiger partial charge in [0, 0.05) is 13.6 Å². The van der Waals surface area contributed by atoms with Crippen LogP contribution in [0.3, 0.4) is 0 Å². The Morgan fingerprint density at radius 3 is 2.94 bits per heavy atom. The van der Waals surface area contributed by atoms with Gasteiger partial charge in [-0.1, -0.05) is 6.08 Å². The van der Waals surface area contributed by atoms with Crippen LogP contribution in [0.1, 0.15) is 5.76 Å². The van der Waals surface area contributed by atoms with Gasteiger partial charge in [0.1, 0.15) is 5.76 Å². The molecule has 1 aromatic rings. The average Bonchev–Trinajstić information content (AvgIpc) is 2.89. The number of aliphatic imine (C=N–C) groups is 1. The fraction of sp³-hybridized carbons (Fsp3) is 0.333. The van der Waals surface area contributed by atoms with Gasteiger partial charge in [-0.05, 0) is 12.1 Å². The molecule has 0 aliphatic heterocycles. The van der Waals surface area contributed by atoms with Gasteiger partial charge in [0.05, 0.1) is 19.4 Å². The van der Waals surface area contributed by atoms with Crippen LogP contribution in [0.4, 0.5) is 0 Å². The molecule has 0 radical (unpaired) electrons. The van der Waals surface area contributed by atoms with E-state index in [1.54, 1.807) is 19.4 Å². The molecule has 98 valence electrons. The first-order chi connectivity index (χ1) is 8.76. The van der Waals surface area contributed by atoms with Crippen molar-refractivity contribution in [2.45, 2.75) is 6.54 Å². The van der Waals surface area contributed by atoms with Crippen molar-refractivity contribution in [3.63, 3.8) is 0 Å². The summed E-state index contributed by atoms with van der Waals surface area (Å²) >= 11 is 0. The highest BCUT2D eigenvalue weighted by Crippen LogP contribution is 1.97. The molecule has 0 bridgehead atoms. The normalized spacial score (nSPS) is 10.8. The lowest BCUT2D eigenvalue weighted by Gasteiger charge is -2.10. The highest BCUT2D eigenvalue weighted by molar-refractivity contribution is 5.86. The van der Waals surface area contributed by atoms with E-state index in [1.165, 1.54) is 0 Å². The standard InChI is InChI=1S/C12H18N4O2/c1-3-6-14-11(17)9-16-12(13-2)15-8-10-5-4-7-18-10/h3-5,7H,1,6,8-9H2,2H3,(H,14,17)(H2,13,15,16). The zero-order valence-corrected chi connectivity index (χ0v) is 10.4. The van der Waals surface area contributed by atoms with E-state index in [0.29, 0.717) is 19.0 Å². The van der Waals surface area contributed by atoms with E-state index in [1.807, 2.05) is 12.1 Å². The molecule has 18 heavy (non-hydrogen) atoms. The number of rotatable bonds is 6. The second kappa shape index (κ2) is 7.94. The van der Waals surface area contributed by atoms with E-state index in [2.05, 4.69) is 27.5 Å². The minimum Gasteiger partial charge on any atom is -0.467 e. The first-order valence-corrected chi connectivity index (χ1v) is 5.60. The molecule has 0 atom stereocenters. The Hall–Kier alpha value is -2.24. The number of hydrogen-bond donors (Lipinski definition) is 3. The van der Waals surface area contributed by atoms with Crippen LogP contribution in [-0.2, 0) is 11.3 Å². The van der Waals surface area contributed by atoms with Crippen molar-refractivity contribution < 1.29 is 9.21 Å². The lowest BCUT2D eigenvalue weighted by Crippen LogP contribution is -2.42. The Labute approximate surface area is 106 Å². The molecule has 6 heteroatoms. The van der Waals surface area contributed by atoms with Crippen molar-refractivity contribution in [2.24, 2.45) is 4.99 Å². The number of amides is 1. The molecule has 6 nitrogen and oxygen atoms in total. The van der Waals surface area contributed by atoms with Crippen LogP contribution in [0, 0.1) is 0 Å². The summed E-state index contributed by atoms with van der Waals surface area (Å²) in [6, 6.07) is 3.67. The van der Waals surface area contributed by atoms with E-state index in [0.717, 1.165) is 5.76 Å². The molecule has 0 unspecified atom stereocenters. The summed E-state index contributed by atoms with van der Waals surface area (Å²) < 4.78 is 5.17. The van der Waals surface area contributed by atoms with Crippen LogP contribution in [0.5, 0.6) is 0 Å². The van der Waals surface area contributed by atoms with E-state index in [-0.39, 0.29) is 12.5 Å². The van der Waals surface area contributed by atoms with Crippen molar-refractivity contribution in [1.29, 1.82) is 0 Å². The third-order valence-electron chi connectivity index (χ3n) is 2.09.